The van der Waals surface area contributed by atoms with E-state index in [-0.39, 0.29) is 5.91 Å². The van der Waals surface area contributed by atoms with Gasteiger partial charge in [0.15, 0.2) is 0 Å². The highest BCUT2D eigenvalue weighted by atomic mass is 16.5. The molecule has 9 nitrogen and oxygen atoms in total. The highest BCUT2D eigenvalue weighted by Gasteiger charge is 2.20. The highest BCUT2D eigenvalue weighted by molar-refractivity contribution is 6.02. The van der Waals surface area contributed by atoms with Crippen LogP contribution in [0.25, 0.3) is 16.8 Å². The molecule has 2 aliphatic rings. The molecule has 196 valence electrons. The smallest absolute Gasteiger partial charge is 0.248 e. The first-order valence-electron chi connectivity index (χ1n) is 12.9. The van der Waals surface area contributed by atoms with Gasteiger partial charge in [0.05, 0.1) is 30.4 Å². The molecule has 0 aliphatic carbocycles. The number of amides is 1. The van der Waals surface area contributed by atoms with Gasteiger partial charge in [0.25, 0.3) is 0 Å². The van der Waals surface area contributed by atoms with Crippen LogP contribution in [0.4, 0.5) is 17.3 Å². The topological polar surface area (TPSA) is 97.2 Å². The zero-order valence-corrected chi connectivity index (χ0v) is 21.9. The van der Waals surface area contributed by atoms with Crippen molar-refractivity contribution in [1.82, 2.24) is 24.6 Å². The first kappa shape index (κ1) is 25.4. The van der Waals surface area contributed by atoms with Gasteiger partial charge in [-0.15, -0.1) is 0 Å². The molecule has 0 fully saturated rings. The van der Waals surface area contributed by atoms with E-state index in [0.29, 0.717) is 23.1 Å². The van der Waals surface area contributed by atoms with Crippen LogP contribution < -0.4 is 15.4 Å². The van der Waals surface area contributed by atoms with E-state index in [2.05, 4.69) is 50.0 Å². The maximum Gasteiger partial charge on any atom is 0.248 e. The SMILES string of the molecule is C=C/C=C\C(=O)Nc1cc(Nc2nccc(-c3cnn4c3CCCC4)n2)c(OC)cc1C1=CCN(C)CC1. The van der Waals surface area contributed by atoms with E-state index in [1.165, 1.54) is 17.3 Å². The number of carbonyl (C=O) groups is 1. The Labute approximate surface area is 222 Å². The molecule has 5 rings (SSSR count). The quantitative estimate of drug-likeness (QED) is 0.330. The number of nitrogens with zero attached hydrogens (tertiary/aromatic N) is 5. The van der Waals surface area contributed by atoms with Crippen LogP contribution in [-0.4, -0.2) is 57.8 Å². The van der Waals surface area contributed by atoms with Gasteiger partial charge in [-0.1, -0.05) is 24.8 Å². The highest BCUT2D eigenvalue weighted by Crippen LogP contribution is 2.38. The lowest BCUT2D eigenvalue weighted by Gasteiger charge is -2.24. The van der Waals surface area contributed by atoms with Crippen molar-refractivity contribution in [2.75, 3.05) is 37.9 Å². The monoisotopic (exact) mass is 511 g/mol. The van der Waals surface area contributed by atoms with Gasteiger partial charge in [0, 0.05) is 48.7 Å². The second-order valence-electron chi connectivity index (χ2n) is 9.50. The van der Waals surface area contributed by atoms with Crippen LogP contribution in [0.15, 0.2) is 61.5 Å². The van der Waals surface area contributed by atoms with Crippen molar-refractivity contribution < 1.29 is 9.53 Å². The van der Waals surface area contributed by atoms with E-state index < -0.39 is 0 Å². The van der Waals surface area contributed by atoms with Gasteiger partial charge < -0.3 is 20.3 Å². The Balaban J connectivity index is 1.49. The molecule has 0 unspecified atom stereocenters. The van der Waals surface area contributed by atoms with Gasteiger partial charge in [-0.25, -0.2) is 9.97 Å². The lowest BCUT2D eigenvalue weighted by molar-refractivity contribution is -0.111. The molecule has 9 heteroatoms. The first-order valence-corrected chi connectivity index (χ1v) is 12.9. The van der Waals surface area contributed by atoms with Crippen LogP contribution in [0.3, 0.4) is 0 Å². The summed E-state index contributed by atoms with van der Waals surface area (Å²) in [6.45, 7) is 6.38. The summed E-state index contributed by atoms with van der Waals surface area (Å²) in [5, 5.41) is 10.9. The average molecular weight is 512 g/mol. The molecular formula is C29H33N7O2. The van der Waals surface area contributed by atoms with E-state index in [4.69, 9.17) is 9.72 Å². The van der Waals surface area contributed by atoms with E-state index in [1.54, 1.807) is 25.5 Å². The summed E-state index contributed by atoms with van der Waals surface area (Å²) in [5.74, 6) is 0.836. The third kappa shape index (κ3) is 5.52. The Hall–Kier alpha value is -4.24. The number of benzene rings is 1. The molecular weight excluding hydrogens is 478 g/mol. The number of fused-ring (bicyclic) bond motifs is 1. The maximum atomic E-state index is 12.6. The molecule has 0 atom stereocenters. The predicted octanol–water partition coefficient (Wildman–Crippen LogP) is 4.83. The number of nitrogens with one attached hydrogen (secondary N) is 2. The first-order chi connectivity index (χ1) is 18.6. The van der Waals surface area contributed by atoms with Crippen molar-refractivity contribution in [3.63, 3.8) is 0 Å². The van der Waals surface area contributed by atoms with E-state index >= 15 is 0 Å². The molecule has 0 saturated carbocycles. The molecule has 4 heterocycles. The Kier molecular flexibility index (Phi) is 7.65. The van der Waals surface area contributed by atoms with Crippen molar-refractivity contribution in [3.8, 4) is 17.0 Å². The minimum Gasteiger partial charge on any atom is -0.495 e. The van der Waals surface area contributed by atoms with Gasteiger partial charge in [-0.05, 0) is 56.5 Å². The number of allylic oxidation sites excluding steroid dienone is 2. The molecule has 1 amide bonds. The van der Waals surface area contributed by atoms with E-state index in [1.807, 2.05) is 24.4 Å². The fourth-order valence-electron chi connectivity index (χ4n) is 4.89. The fraction of sp³-hybridized carbons (Fsp3) is 0.310. The molecule has 2 aromatic heterocycles. The summed E-state index contributed by atoms with van der Waals surface area (Å²) >= 11 is 0. The normalized spacial score (nSPS) is 15.6. The molecule has 0 saturated heterocycles. The van der Waals surface area contributed by atoms with Gasteiger partial charge in [-0.2, -0.15) is 5.10 Å². The zero-order valence-electron chi connectivity index (χ0n) is 21.9. The number of likely N-dealkylation sites (N-methyl/N-ethyl adjacent to an activating group) is 1. The molecule has 3 aromatic rings. The Morgan fingerprint density at radius 2 is 2.05 bits per heavy atom. The lowest BCUT2D eigenvalue weighted by Crippen LogP contribution is -2.24. The minimum absolute atomic E-state index is 0.236. The second-order valence-corrected chi connectivity index (χ2v) is 9.50. The van der Waals surface area contributed by atoms with Gasteiger partial charge in [0.2, 0.25) is 11.9 Å². The third-order valence-electron chi connectivity index (χ3n) is 6.90. The average Bonchev–Trinajstić information content (AvgIpc) is 3.37. The number of carbonyl (C=O) groups excluding carboxylic acids is 1. The summed E-state index contributed by atoms with van der Waals surface area (Å²) < 4.78 is 7.84. The van der Waals surface area contributed by atoms with Crippen LogP contribution in [0.2, 0.25) is 0 Å². The second kappa shape index (κ2) is 11.4. The van der Waals surface area contributed by atoms with Crippen molar-refractivity contribution >= 4 is 28.8 Å². The van der Waals surface area contributed by atoms with Crippen LogP contribution in [0, 0.1) is 0 Å². The van der Waals surface area contributed by atoms with Crippen LogP contribution in [0.5, 0.6) is 5.75 Å². The molecule has 1 aromatic carbocycles. The van der Waals surface area contributed by atoms with Crippen molar-refractivity contribution in [2.24, 2.45) is 0 Å². The summed E-state index contributed by atoms with van der Waals surface area (Å²) in [7, 11) is 3.73. The lowest BCUT2D eigenvalue weighted by atomic mass is 9.97. The van der Waals surface area contributed by atoms with E-state index in [9.17, 15) is 4.79 Å². The van der Waals surface area contributed by atoms with E-state index in [0.717, 1.165) is 62.1 Å². The summed E-state index contributed by atoms with van der Waals surface area (Å²) in [4.78, 5) is 24.1. The largest absolute Gasteiger partial charge is 0.495 e. The molecule has 0 spiro atoms. The number of ether oxygens (including phenoxy) is 1. The predicted molar refractivity (Wildman–Crippen MR) is 151 cm³/mol. The third-order valence-corrected chi connectivity index (χ3v) is 6.90. The van der Waals surface area contributed by atoms with Gasteiger partial charge in [0.1, 0.15) is 5.75 Å². The number of rotatable bonds is 8. The van der Waals surface area contributed by atoms with Gasteiger partial charge >= 0.3 is 0 Å². The number of aromatic nitrogens is 4. The van der Waals surface area contributed by atoms with Gasteiger partial charge in [-0.3, -0.25) is 9.48 Å². The Morgan fingerprint density at radius 1 is 1.16 bits per heavy atom. The van der Waals surface area contributed by atoms with Crippen molar-refractivity contribution in [1.29, 1.82) is 0 Å². The number of hydrogen-bond acceptors (Lipinski definition) is 7. The van der Waals surface area contributed by atoms with Crippen LogP contribution in [-0.2, 0) is 17.8 Å². The van der Waals surface area contributed by atoms with Crippen LogP contribution >= 0.6 is 0 Å². The standard InChI is InChI=1S/C29H33N7O2/c1-4-5-9-28(37)32-24-18-25(27(38-3)17-21(24)20-11-15-35(2)16-12-20)34-29-30-13-10-23(33-29)22-19-31-36-14-7-6-8-26(22)36/h4-5,9-11,13,17-19H,1,6-8,12,14-16H2,2-3H3,(H,32,37)(H,30,33,34)/b9-5-. The number of anilines is 3. The number of aryl methyl sites for hydroxylation is 1. The molecule has 2 aliphatic heterocycles. The molecule has 2 N–H and O–H groups in total. The summed E-state index contributed by atoms with van der Waals surface area (Å²) in [6.07, 6.45) is 14.6. The summed E-state index contributed by atoms with van der Waals surface area (Å²) in [6, 6.07) is 5.75. The molecule has 38 heavy (non-hydrogen) atoms. The van der Waals surface area contributed by atoms with Crippen molar-refractivity contribution in [2.45, 2.75) is 32.2 Å². The minimum atomic E-state index is -0.236. The van der Waals surface area contributed by atoms with Crippen LogP contribution in [0.1, 0.15) is 30.5 Å². The fourth-order valence-corrected chi connectivity index (χ4v) is 4.89. The van der Waals surface area contributed by atoms with Crippen molar-refractivity contribution in [3.05, 3.63) is 72.7 Å². The Bertz CT molecular complexity index is 1410. The number of hydrogen-bond donors (Lipinski definition) is 2. The molecule has 0 bridgehead atoms. The summed E-state index contributed by atoms with van der Waals surface area (Å²) in [5.41, 5.74) is 6.51. The molecule has 0 radical (unpaired) electrons. The zero-order chi connectivity index (χ0) is 26.5. The number of methoxy groups -OCH3 is 1. The maximum absolute atomic E-state index is 12.6. The Morgan fingerprint density at radius 3 is 2.84 bits per heavy atom.